The summed E-state index contributed by atoms with van der Waals surface area (Å²) < 4.78 is 18.3. The molecule has 0 N–H and O–H groups in total. The number of unbranched alkanes of at least 4 members (excludes halogenated alkanes) is 1. The smallest absolute Gasteiger partial charge is 0.165 e. The Balaban J connectivity index is 2.61. The van der Waals surface area contributed by atoms with Crippen LogP contribution in [0.5, 0.6) is 5.75 Å². The van der Waals surface area contributed by atoms with Gasteiger partial charge in [-0.2, -0.15) is 0 Å². The van der Waals surface area contributed by atoms with Crippen molar-refractivity contribution in [2.24, 2.45) is 5.92 Å². The molecule has 0 bridgehead atoms. The van der Waals surface area contributed by atoms with Gasteiger partial charge in [-0.1, -0.05) is 32.8 Å². The van der Waals surface area contributed by atoms with E-state index in [-0.39, 0.29) is 17.5 Å². The largest absolute Gasteiger partial charge is 0.494 e. The Morgan fingerprint density at radius 1 is 1.44 bits per heavy atom. The molecule has 1 aromatic rings. The number of Topliss-reactive ketones (excluding diaryl/α,β-unsaturated/α-hetero) is 1. The summed E-state index contributed by atoms with van der Waals surface area (Å²) >= 11 is 0. The number of benzene rings is 1. The molecular formula is C15H21FO2. The Morgan fingerprint density at radius 3 is 2.72 bits per heavy atom. The number of halogens is 1. The molecule has 0 aliphatic heterocycles. The summed E-state index contributed by atoms with van der Waals surface area (Å²) in [5.74, 6) is 0.0253. The normalized spacial score (nSPS) is 12.2. The third kappa shape index (κ3) is 4.13. The molecule has 3 heteroatoms. The molecule has 0 aliphatic rings. The van der Waals surface area contributed by atoms with Gasteiger partial charge in [-0.3, -0.25) is 4.79 Å². The molecule has 1 aromatic carbocycles. The van der Waals surface area contributed by atoms with E-state index in [1.165, 1.54) is 13.2 Å². The molecule has 0 saturated carbocycles. The Kier molecular flexibility index (Phi) is 5.83. The second kappa shape index (κ2) is 7.14. The van der Waals surface area contributed by atoms with Crippen LogP contribution in [0.4, 0.5) is 4.39 Å². The number of rotatable bonds is 7. The van der Waals surface area contributed by atoms with Crippen molar-refractivity contribution in [2.75, 3.05) is 7.11 Å². The van der Waals surface area contributed by atoms with Gasteiger partial charge < -0.3 is 4.74 Å². The topological polar surface area (TPSA) is 26.3 Å². The number of carbonyl (C=O) groups is 1. The number of ether oxygens (including phenoxy) is 1. The second-order valence-corrected chi connectivity index (χ2v) is 4.66. The van der Waals surface area contributed by atoms with Crippen molar-refractivity contribution in [3.05, 3.63) is 29.6 Å². The zero-order valence-corrected chi connectivity index (χ0v) is 11.3. The Hall–Kier alpha value is -1.38. The molecule has 0 saturated heterocycles. The van der Waals surface area contributed by atoms with Crippen molar-refractivity contribution in [3.63, 3.8) is 0 Å². The first kappa shape index (κ1) is 14.7. The van der Waals surface area contributed by atoms with Crippen LogP contribution in [-0.2, 0) is 11.2 Å². The molecule has 2 nitrogen and oxygen atoms in total. The first-order valence-corrected chi connectivity index (χ1v) is 6.43. The van der Waals surface area contributed by atoms with Crippen LogP contribution in [0.1, 0.15) is 38.7 Å². The lowest BCUT2D eigenvalue weighted by Gasteiger charge is -2.10. The molecule has 18 heavy (non-hydrogen) atoms. The SMILES string of the molecule is CCCCC(C)C(=O)Cc1ccc(OC)c(F)c1. The van der Waals surface area contributed by atoms with E-state index in [1.807, 2.05) is 6.92 Å². The van der Waals surface area contributed by atoms with Crippen molar-refractivity contribution in [1.82, 2.24) is 0 Å². The standard InChI is InChI=1S/C15H21FO2/c1-4-5-6-11(2)14(17)10-12-7-8-15(18-3)13(16)9-12/h7-9,11H,4-6,10H2,1-3H3. The van der Waals surface area contributed by atoms with Gasteiger partial charge in [0.15, 0.2) is 11.6 Å². The molecule has 1 atom stereocenters. The molecular weight excluding hydrogens is 231 g/mol. The minimum atomic E-state index is -0.413. The van der Waals surface area contributed by atoms with E-state index >= 15 is 0 Å². The number of methoxy groups -OCH3 is 1. The van der Waals surface area contributed by atoms with Crippen LogP contribution in [0.3, 0.4) is 0 Å². The van der Waals surface area contributed by atoms with E-state index in [1.54, 1.807) is 12.1 Å². The van der Waals surface area contributed by atoms with Gasteiger partial charge in [0.05, 0.1) is 7.11 Å². The molecule has 0 fully saturated rings. The molecule has 1 rings (SSSR count). The van der Waals surface area contributed by atoms with E-state index in [9.17, 15) is 9.18 Å². The summed E-state index contributed by atoms with van der Waals surface area (Å²) in [7, 11) is 1.43. The Morgan fingerprint density at radius 2 is 2.17 bits per heavy atom. The lowest BCUT2D eigenvalue weighted by Crippen LogP contribution is -2.13. The molecule has 0 aromatic heterocycles. The van der Waals surface area contributed by atoms with Crippen molar-refractivity contribution in [1.29, 1.82) is 0 Å². The van der Waals surface area contributed by atoms with E-state index in [0.717, 1.165) is 19.3 Å². The summed E-state index contributed by atoms with van der Waals surface area (Å²) in [4.78, 5) is 11.9. The predicted molar refractivity (Wildman–Crippen MR) is 70.4 cm³/mol. The van der Waals surface area contributed by atoms with Crippen LogP contribution in [0.2, 0.25) is 0 Å². The Labute approximate surface area is 108 Å². The van der Waals surface area contributed by atoms with Gasteiger partial charge in [-0.05, 0) is 24.1 Å². The molecule has 0 amide bonds. The summed E-state index contributed by atoms with van der Waals surface area (Å²) in [6, 6.07) is 4.68. The zero-order chi connectivity index (χ0) is 13.5. The van der Waals surface area contributed by atoms with Gasteiger partial charge in [0.1, 0.15) is 5.78 Å². The number of ketones is 1. The first-order chi connectivity index (χ1) is 8.58. The molecule has 0 aliphatic carbocycles. The van der Waals surface area contributed by atoms with Crippen molar-refractivity contribution in [3.8, 4) is 5.75 Å². The average molecular weight is 252 g/mol. The van der Waals surface area contributed by atoms with Crippen molar-refractivity contribution >= 4 is 5.78 Å². The minimum Gasteiger partial charge on any atom is -0.494 e. The van der Waals surface area contributed by atoms with Gasteiger partial charge >= 0.3 is 0 Å². The summed E-state index contributed by atoms with van der Waals surface area (Å²) in [6.07, 6.45) is 3.36. The second-order valence-electron chi connectivity index (χ2n) is 4.66. The van der Waals surface area contributed by atoms with Gasteiger partial charge in [0.25, 0.3) is 0 Å². The van der Waals surface area contributed by atoms with Crippen LogP contribution in [-0.4, -0.2) is 12.9 Å². The van der Waals surface area contributed by atoms with E-state index in [0.29, 0.717) is 12.0 Å². The van der Waals surface area contributed by atoms with Crippen LogP contribution >= 0.6 is 0 Å². The first-order valence-electron chi connectivity index (χ1n) is 6.43. The maximum Gasteiger partial charge on any atom is 0.165 e. The van der Waals surface area contributed by atoms with Gasteiger partial charge in [0, 0.05) is 12.3 Å². The van der Waals surface area contributed by atoms with Crippen molar-refractivity contribution in [2.45, 2.75) is 39.5 Å². The lowest BCUT2D eigenvalue weighted by atomic mass is 9.95. The molecule has 1 unspecified atom stereocenters. The summed E-state index contributed by atoms with van der Waals surface area (Å²) in [6.45, 7) is 4.05. The molecule has 100 valence electrons. The number of hydrogen-bond acceptors (Lipinski definition) is 2. The summed E-state index contributed by atoms with van der Waals surface area (Å²) in [5, 5.41) is 0. The van der Waals surface area contributed by atoms with E-state index in [2.05, 4.69) is 6.92 Å². The maximum absolute atomic E-state index is 13.5. The van der Waals surface area contributed by atoms with Crippen LogP contribution in [0.15, 0.2) is 18.2 Å². The zero-order valence-electron chi connectivity index (χ0n) is 11.3. The maximum atomic E-state index is 13.5. The third-order valence-electron chi connectivity index (χ3n) is 3.13. The quantitative estimate of drug-likeness (QED) is 0.738. The van der Waals surface area contributed by atoms with Gasteiger partial charge in [0.2, 0.25) is 0 Å². The van der Waals surface area contributed by atoms with Crippen LogP contribution in [0.25, 0.3) is 0 Å². The van der Waals surface area contributed by atoms with Crippen molar-refractivity contribution < 1.29 is 13.9 Å². The van der Waals surface area contributed by atoms with Gasteiger partial charge in [-0.15, -0.1) is 0 Å². The predicted octanol–water partition coefficient (Wildman–Crippen LogP) is 3.77. The fourth-order valence-corrected chi connectivity index (χ4v) is 1.87. The highest BCUT2D eigenvalue weighted by Crippen LogP contribution is 2.19. The van der Waals surface area contributed by atoms with Gasteiger partial charge in [-0.25, -0.2) is 4.39 Å². The molecule has 0 radical (unpaired) electrons. The fraction of sp³-hybridized carbons (Fsp3) is 0.533. The monoisotopic (exact) mass is 252 g/mol. The third-order valence-corrected chi connectivity index (χ3v) is 3.13. The van der Waals surface area contributed by atoms with Crippen LogP contribution < -0.4 is 4.74 Å². The number of carbonyl (C=O) groups excluding carboxylic acids is 1. The summed E-state index contributed by atoms with van der Waals surface area (Å²) in [5.41, 5.74) is 0.710. The highest BCUT2D eigenvalue weighted by atomic mass is 19.1. The lowest BCUT2D eigenvalue weighted by molar-refractivity contribution is -0.121. The molecule has 0 spiro atoms. The van der Waals surface area contributed by atoms with E-state index in [4.69, 9.17) is 4.74 Å². The molecule has 0 heterocycles. The Bertz CT molecular complexity index is 401. The van der Waals surface area contributed by atoms with Crippen LogP contribution in [0, 0.1) is 11.7 Å². The average Bonchev–Trinajstić information content (AvgIpc) is 2.36. The fourth-order valence-electron chi connectivity index (χ4n) is 1.87. The highest BCUT2D eigenvalue weighted by molar-refractivity contribution is 5.82. The minimum absolute atomic E-state index is 0.0510. The van der Waals surface area contributed by atoms with E-state index < -0.39 is 5.82 Å². The number of hydrogen-bond donors (Lipinski definition) is 0. The highest BCUT2D eigenvalue weighted by Gasteiger charge is 2.14.